The lowest BCUT2D eigenvalue weighted by Gasteiger charge is -1.98. The van der Waals surface area contributed by atoms with Crippen LogP contribution in [0.3, 0.4) is 0 Å². The van der Waals surface area contributed by atoms with Gasteiger partial charge in [-0.05, 0) is 30.4 Å². The smallest absolute Gasteiger partial charge is 0.0525 e. The number of hydrogen-bond acceptors (Lipinski definition) is 2. The maximum Gasteiger partial charge on any atom is 0.0525 e. The molecule has 0 aliphatic carbocycles. The van der Waals surface area contributed by atoms with Crippen molar-refractivity contribution in [1.82, 2.24) is 0 Å². The van der Waals surface area contributed by atoms with Crippen LogP contribution in [0.5, 0.6) is 0 Å². The number of nitrogen functional groups attached to an aromatic ring is 1. The molecule has 0 saturated heterocycles. The third-order valence-corrected chi connectivity index (χ3v) is 2.86. The van der Waals surface area contributed by atoms with Crippen LogP contribution in [-0.2, 0) is 0 Å². The Bertz CT molecular complexity index is 273. The summed E-state index contributed by atoms with van der Waals surface area (Å²) in [4.78, 5) is 1.23. The number of hydrogen-bond donors (Lipinski definition) is 1. The van der Waals surface area contributed by atoms with Crippen molar-refractivity contribution in [1.29, 1.82) is 0 Å². The molecule has 0 aliphatic heterocycles. The average Bonchev–Trinajstić information content (AvgIpc) is 2.47. The van der Waals surface area contributed by atoms with Crippen molar-refractivity contribution in [3.63, 3.8) is 0 Å². The van der Waals surface area contributed by atoms with E-state index < -0.39 is 0 Å². The molecule has 1 aromatic heterocycles. The second-order valence-electron chi connectivity index (χ2n) is 2.88. The van der Waals surface area contributed by atoms with Crippen LogP contribution >= 0.6 is 11.3 Å². The minimum absolute atomic E-state index is 0.907. The molecule has 2 heteroatoms. The lowest BCUT2D eigenvalue weighted by molar-refractivity contribution is 0.959. The Morgan fingerprint density at radius 2 is 2.42 bits per heavy atom. The molecule has 0 bridgehead atoms. The summed E-state index contributed by atoms with van der Waals surface area (Å²) in [5, 5.41) is 2.04. The van der Waals surface area contributed by atoms with Gasteiger partial charge in [0.25, 0.3) is 0 Å². The van der Waals surface area contributed by atoms with Gasteiger partial charge < -0.3 is 5.73 Å². The number of allylic oxidation sites excluding steroid dienone is 2. The van der Waals surface area contributed by atoms with Crippen molar-refractivity contribution in [2.24, 2.45) is 0 Å². The van der Waals surface area contributed by atoms with Gasteiger partial charge in [-0.25, -0.2) is 0 Å². The molecule has 1 heterocycles. The van der Waals surface area contributed by atoms with Crippen molar-refractivity contribution in [3.05, 3.63) is 22.4 Å². The summed E-state index contributed by atoms with van der Waals surface area (Å²) < 4.78 is 0. The van der Waals surface area contributed by atoms with Crippen LogP contribution in [0.15, 0.2) is 17.5 Å². The van der Waals surface area contributed by atoms with E-state index >= 15 is 0 Å². The average molecular weight is 181 g/mol. The van der Waals surface area contributed by atoms with Crippen molar-refractivity contribution in [3.8, 4) is 0 Å². The molecule has 0 aliphatic rings. The maximum atomic E-state index is 5.78. The van der Waals surface area contributed by atoms with Crippen LogP contribution in [0.1, 0.15) is 31.6 Å². The molecule has 12 heavy (non-hydrogen) atoms. The molecule has 0 saturated carbocycles. The van der Waals surface area contributed by atoms with Gasteiger partial charge in [0.1, 0.15) is 0 Å². The minimum atomic E-state index is 0.907. The fourth-order valence-electron chi connectivity index (χ4n) is 1.09. The van der Waals surface area contributed by atoms with Crippen LogP contribution < -0.4 is 5.73 Å². The molecular formula is C10H15NS. The Morgan fingerprint density at radius 1 is 1.67 bits per heavy atom. The van der Waals surface area contributed by atoms with E-state index in [9.17, 15) is 0 Å². The van der Waals surface area contributed by atoms with E-state index in [1.54, 1.807) is 11.3 Å². The molecular weight excluding hydrogens is 166 g/mol. The van der Waals surface area contributed by atoms with Crippen LogP contribution in [-0.4, -0.2) is 0 Å². The van der Waals surface area contributed by atoms with E-state index in [0.29, 0.717) is 0 Å². The summed E-state index contributed by atoms with van der Waals surface area (Å²) in [5.41, 5.74) is 8.00. The van der Waals surface area contributed by atoms with Crippen LogP contribution in [0, 0.1) is 0 Å². The van der Waals surface area contributed by atoms with Gasteiger partial charge in [0.05, 0.1) is 4.88 Å². The van der Waals surface area contributed by atoms with Crippen LogP contribution in [0.4, 0.5) is 5.69 Å². The first-order valence-electron chi connectivity index (χ1n) is 4.25. The SMILES string of the molecule is CCC/C=C(\C)c1sccc1N. The summed E-state index contributed by atoms with van der Waals surface area (Å²) >= 11 is 1.71. The lowest BCUT2D eigenvalue weighted by Crippen LogP contribution is -1.85. The molecule has 66 valence electrons. The van der Waals surface area contributed by atoms with E-state index in [1.165, 1.54) is 16.9 Å². The third-order valence-electron chi connectivity index (χ3n) is 1.79. The number of anilines is 1. The molecule has 0 atom stereocenters. The van der Waals surface area contributed by atoms with Gasteiger partial charge in [-0.15, -0.1) is 11.3 Å². The fourth-order valence-corrected chi connectivity index (χ4v) is 1.92. The Labute approximate surface area is 77.9 Å². The minimum Gasteiger partial charge on any atom is -0.398 e. The van der Waals surface area contributed by atoms with E-state index in [4.69, 9.17) is 5.73 Å². The van der Waals surface area contributed by atoms with Crippen molar-refractivity contribution in [2.75, 3.05) is 5.73 Å². The highest BCUT2D eigenvalue weighted by molar-refractivity contribution is 7.11. The van der Waals surface area contributed by atoms with Gasteiger partial charge >= 0.3 is 0 Å². The number of thiophene rings is 1. The normalized spacial score (nSPS) is 12.0. The Kier molecular flexibility index (Phi) is 3.35. The van der Waals surface area contributed by atoms with Gasteiger partial charge in [0.15, 0.2) is 0 Å². The number of nitrogens with two attached hydrogens (primary N) is 1. The number of unbranched alkanes of at least 4 members (excludes halogenated alkanes) is 1. The van der Waals surface area contributed by atoms with Crippen LogP contribution in [0.2, 0.25) is 0 Å². The Hall–Kier alpha value is -0.760. The summed E-state index contributed by atoms with van der Waals surface area (Å²) in [6, 6.07) is 1.96. The van der Waals surface area contributed by atoms with Crippen molar-refractivity contribution >= 4 is 22.6 Å². The molecule has 1 aromatic rings. The highest BCUT2D eigenvalue weighted by atomic mass is 32.1. The fraction of sp³-hybridized carbons (Fsp3) is 0.400. The first-order chi connectivity index (χ1) is 5.75. The molecule has 0 amide bonds. The van der Waals surface area contributed by atoms with Gasteiger partial charge in [-0.1, -0.05) is 19.4 Å². The standard InChI is InChI=1S/C10H15NS/c1-3-4-5-8(2)10-9(11)6-7-12-10/h5-7H,3-4,11H2,1-2H3/b8-5+. The Morgan fingerprint density at radius 3 is 2.92 bits per heavy atom. The first-order valence-corrected chi connectivity index (χ1v) is 5.13. The monoisotopic (exact) mass is 181 g/mol. The van der Waals surface area contributed by atoms with E-state index in [1.807, 2.05) is 11.4 Å². The molecule has 1 rings (SSSR count). The first kappa shape index (κ1) is 9.33. The van der Waals surface area contributed by atoms with Gasteiger partial charge in [-0.2, -0.15) is 0 Å². The molecule has 1 nitrogen and oxygen atoms in total. The van der Waals surface area contributed by atoms with Crippen LogP contribution in [0.25, 0.3) is 5.57 Å². The van der Waals surface area contributed by atoms with E-state index in [0.717, 1.165) is 12.1 Å². The third kappa shape index (κ3) is 2.11. The van der Waals surface area contributed by atoms with Crippen molar-refractivity contribution in [2.45, 2.75) is 26.7 Å². The molecule has 2 N–H and O–H groups in total. The van der Waals surface area contributed by atoms with Gasteiger partial charge in [0.2, 0.25) is 0 Å². The van der Waals surface area contributed by atoms with Crippen molar-refractivity contribution < 1.29 is 0 Å². The zero-order valence-corrected chi connectivity index (χ0v) is 8.45. The van der Waals surface area contributed by atoms with Gasteiger partial charge in [-0.3, -0.25) is 0 Å². The molecule has 0 aromatic carbocycles. The summed E-state index contributed by atoms with van der Waals surface area (Å²) in [5.74, 6) is 0. The lowest BCUT2D eigenvalue weighted by atomic mass is 10.2. The Balaban J connectivity index is 2.77. The summed E-state index contributed by atoms with van der Waals surface area (Å²) in [6.07, 6.45) is 4.59. The van der Waals surface area contributed by atoms with Gasteiger partial charge in [0, 0.05) is 5.69 Å². The highest BCUT2D eigenvalue weighted by Crippen LogP contribution is 2.27. The zero-order chi connectivity index (χ0) is 8.97. The summed E-state index contributed by atoms with van der Waals surface area (Å²) in [6.45, 7) is 4.30. The summed E-state index contributed by atoms with van der Waals surface area (Å²) in [7, 11) is 0. The highest BCUT2D eigenvalue weighted by Gasteiger charge is 2.00. The second-order valence-corrected chi connectivity index (χ2v) is 3.80. The largest absolute Gasteiger partial charge is 0.398 e. The molecule has 0 unspecified atom stereocenters. The topological polar surface area (TPSA) is 26.0 Å². The van der Waals surface area contributed by atoms with E-state index in [2.05, 4.69) is 19.9 Å². The quantitative estimate of drug-likeness (QED) is 0.758. The molecule has 0 spiro atoms. The van der Waals surface area contributed by atoms with E-state index in [-0.39, 0.29) is 0 Å². The number of rotatable bonds is 3. The maximum absolute atomic E-state index is 5.78. The predicted molar refractivity (Wildman–Crippen MR) is 57.3 cm³/mol. The zero-order valence-electron chi connectivity index (χ0n) is 7.63. The second kappa shape index (κ2) is 4.31. The molecule has 0 radical (unpaired) electrons. The molecule has 0 fully saturated rings. The predicted octanol–water partition coefficient (Wildman–Crippen LogP) is 3.53.